The number of halogens is 1. The molecule has 0 atom stereocenters. The summed E-state index contributed by atoms with van der Waals surface area (Å²) in [6.07, 6.45) is 1.95. The fraction of sp³-hybridized carbons (Fsp3) is 0.364. The van der Waals surface area contributed by atoms with Gasteiger partial charge in [0, 0.05) is 5.69 Å². The quantitative estimate of drug-likeness (QED) is 0.529. The SMILES string of the molecule is CCCc1cc(N)c(I)c(C(=O)OC)c1. The number of hydrogen-bond donors (Lipinski definition) is 1. The van der Waals surface area contributed by atoms with Crippen molar-refractivity contribution >= 4 is 34.2 Å². The predicted octanol–water partition coefficient (Wildman–Crippen LogP) is 2.61. The van der Waals surface area contributed by atoms with Crippen LogP contribution < -0.4 is 5.73 Å². The Morgan fingerprint density at radius 3 is 2.73 bits per heavy atom. The number of carbonyl (C=O) groups is 1. The maximum Gasteiger partial charge on any atom is 0.339 e. The summed E-state index contributed by atoms with van der Waals surface area (Å²) in [7, 11) is 1.38. The fourth-order valence-electron chi connectivity index (χ4n) is 1.40. The zero-order chi connectivity index (χ0) is 11.4. The molecular formula is C11H14INO2. The molecule has 0 saturated carbocycles. The standard InChI is InChI=1S/C11H14INO2/c1-3-4-7-5-8(11(14)15-2)10(12)9(13)6-7/h5-6H,3-4,13H2,1-2H3. The van der Waals surface area contributed by atoms with Gasteiger partial charge in [-0.25, -0.2) is 4.79 Å². The average molecular weight is 319 g/mol. The lowest BCUT2D eigenvalue weighted by Gasteiger charge is -2.08. The van der Waals surface area contributed by atoms with E-state index in [2.05, 4.69) is 29.5 Å². The van der Waals surface area contributed by atoms with Crippen molar-refractivity contribution in [3.63, 3.8) is 0 Å². The molecule has 0 spiro atoms. The molecule has 82 valence electrons. The Balaban J connectivity index is 3.18. The first-order valence-electron chi connectivity index (χ1n) is 4.76. The number of anilines is 1. The first-order chi connectivity index (χ1) is 7.10. The van der Waals surface area contributed by atoms with Gasteiger partial charge in [0.15, 0.2) is 0 Å². The fourth-order valence-corrected chi connectivity index (χ4v) is 1.93. The van der Waals surface area contributed by atoms with Crippen LogP contribution in [0, 0.1) is 3.57 Å². The van der Waals surface area contributed by atoms with Gasteiger partial charge in [0.25, 0.3) is 0 Å². The van der Waals surface area contributed by atoms with Gasteiger partial charge in [-0.3, -0.25) is 0 Å². The minimum absolute atomic E-state index is 0.330. The molecule has 4 heteroatoms. The van der Waals surface area contributed by atoms with E-state index in [-0.39, 0.29) is 5.97 Å². The molecule has 0 amide bonds. The maximum atomic E-state index is 11.5. The van der Waals surface area contributed by atoms with Crippen molar-refractivity contribution in [2.75, 3.05) is 12.8 Å². The summed E-state index contributed by atoms with van der Waals surface area (Å²) >= 11 is 2.06. The Kier molecular flexibility index (Phi) is 4.38. The molecule has 1 aromatic rings. The number of esters is 1. The van der Waals surface area contributed by atoms with E-state index < -0.39 is 0 Å². The van der Waals surface area contributed by atoms with Gasteiger partial charge in [-0.15, -0.1) is 0 Å². The topological polar surface area (TPSA) is 52.3 Å². The Hall–Kier alpha value is -0.780. The van der Waals surface area contributed by atoms with Gasteiger partial charge in [0.1, 0.15) is 0 Å². The van der Waals surface area contributed by atoms with E-state index in [4.69, 9.17) is 10.5 Å². The molecular weight excluding hydrogens is 305 g/mol. The number of nitrogen functional groups attached to an aromatic ring is 1. The molecule has 1 rings (SSSR count). The Morgan fingerprint density at radius 2 is 2.20 bits per heavy atom. The molecule has 0 bridgehead atoms. The Bertz CT molecular complexity index is 377. The van der Waals surface area contributed by atoms with Crippen LogP contribution in [0.25, 0.3) is 0 Å². The summed E-state index contributed by atoms with van der Waals surface area (Å²) in [5.41, 5.74) is 8.11. The molecule has 15 heavy (non-hydrogen) atoms. The number of rotatable bonds is 3. The largest absolute Gasteiger partial charge is 0.465 e. The monoisotopic (exact) mass is 319 g/mol. The van der Waals surface area contributed by atoms with Crippen LogP contribution in [0.15, 0.2) is 12.1 Å². The lowest BCUT2D eigenvalue weighted by molar-refractivity contribution is 0.0599. The minimum atomic E-state index is -0.330. The van der Waals surface area contributed by atoms with Gasteiger partial charge in [-0.1, -0.05) is 13.3 Å². The second-order valence-electron chi connectivity index (χ2n) is 3.29. The zero-order valence-electron chi connectivity index (χ0n) is 8.84. The maximum absolute atomic E-state index is 11.5. The lowest BCUT2D eigenvalue weighted by atomic mass is 10.1. The van der Waals surface area contributed by atoms with Gasteiger partial charge in [-0.05, 0) is 46.7 Å². The van der Waals surface area contributed by atoms with Crippen molar-refractivity contribution in [1.82, 2.24) is 0 Å². The summed E-state index contributed by atoms with van der Waals surface area (Å²) in [6, 6.07) is 3.77. The van der Waals surface area contributed by atoms with Gasteiger partial charge in [0.05, 0.1) is 16.2 Å². The van der Waals surface area contributed by atoms with E-state index in [1.807, 2.05) is 12.1 Å². The minimum Gasteiger partial charge on any atom is -0.465 e. The van der Waals surface area contributed by atoms with E-state index in [0.29, 0.717) is 11.3 Å². The molecule has 0 heterocycles. The van der Waals surface area contributed by atoms with E-state index >= 15 is 0 Å². The second kappa shape index (κ2) is 5.34. The molecule has 2 N–H and O–H groups in total. The predicted molar refractivity (Wildman–Crippen MR) is 68.9 cm³/mol. The van der Waals surface area contributed by atoms with Crippen molar-refractivity contribution in [3.8, 4) is 0 Å². The van der Waals surface area contributed by atoms with Crippen LogP contribution >= 0.6 is 22.6 Å². The summed E-state index contributed by atoms with van der Waals surface area (Å²) in [5.74, 6) is -0.330. The third kappa shape index (κ3) is 2.84. The number of aryl methyl sites for hydroxylation is 1. The first-order valence-corrected chi connectivity index (χ1v) is 5.84. The summed E-state index contributed by atoms with van der Waals surface area (Å²) in [4.78, 5) is 11.5. The normalized spacial score (nSPS) is 10.1. The first kappa shape index (κ1) is 12.3. The highest BCUT2D eigenvalue weighted by molar-refractivity contribution is 14.1. The number of methoxy groups -OCH3 is 1. The Labute approximate surface area is 103 Å². The summed E-state index contributed by atoms with van der Waals surface area (Å²) in [5, 5.41) is 0. The molecule has 0 aliphatic heterocycles. The highest BCUT2D eigenvalue weighted by atomic mass is 127. The van der Waals surface area contributed by atoms with Crippen LogP contribution in [-0.2, 0) is 11.2 Å². The van der Waals surface area contributed by atoms with Crippen molar-refractivity contribution in [2.24, 2.45) is 0 Å². The molecule has 0 fully saturated rings. The lowest BCUT2D eigenvalue weighted by Crippen LogP contribution is -2.07. The van der Waals surface area contributed by atoms with Crippen LogP contribution in [0.3, 0.4) is 0 Å². The third-order valence-corrected chi connectivity index (χ3v) is 3.31. The van der Waals surface area contributed by atoms with E-state index in [0.717, 1.165) is 22.0 Å². The van der Waals surface area contributed by atoms with Crippen molar-refractivity contribution in [3.05, 3.63) is 26.8 Å². The molecule has 0 aliphatic carbocycles. The number of hydrogen-bond acceptors (Lipinski definition) is 3. The van der Waals surface area contributed by atoms with Crippen LogP contribution in [0.2, 0.25) is 0 Å². The number of benzene rings is 1. The molecule has 0 unspecified atom stereocenters. The van der Waals surface area contributed by atoms with Gasteiger partial charge in [0.2, 0.25) is 0 Å². The molecule has 0 aromatic heterocycles. The van der Waals surface area contributed by atoms with Crippen LogP contribution in [-0.4, -0.2) is 13.1 Å². The summed E-state index contributed by atoms with van der Waals surface area (Å²) < 4.78 is 5.47. The van der Waals surface area contributed by atoms with E-state index in [1.165, 1.54) is 7.11 Å². The molecule has 0 aliphatic rings. The Morgan fingerprint density at radius 1 is 1.53 bits per heavy atom. The highest BCUT2D eigenvalue weighted by Gasteiger charge is 2.13. The van der Waals surface area contributed by atoms with E-state index in [1.54, 1.807) is 0 Å². The van der Waals surface area contributed by atoms with Gasteiger partial charge < -0.3 is 10.5 Å². The van der Waals surface area contributed by atoms with Crippen LogP contribution in [0.5, 0.6) is 0 Å². The molecule has 0 radical (unpaired) electrons. The summed E-state index contributed by atoms with van der Waals surface area (Å²) in [6.45, 7) is 2.09. The van der Waals surface area contributed by atoms with Crippen molar-refractivity contribution in [2.45, 2.75) is 19.8 Å². The number of nitrogens with two attached hydrogens (primary N) is 1. The smallest absolute Gasteiger partial charge is 0.339 e. The van der Waals surface area contributed by atoms with Crippen molar-refractivity contribution < 1.29 is 9.53 Å². The zero-order valence-corrected chi connectivity index (χ0v) is 11.0. The third-order valence-electron chi connectivity index (χ3n) is 2.10. The number of carbonyl (C=O) groups excluding carboxylic acids is 1. The van der Waals surface area contributed by atoms with Crippen LogP contribution in [0.1, 0.15) is 29.3 Å². The number of ether oxygens (including phenoxy) is 1. The molecule has 3 nitrogen and oxygen atoms in total. The van der Waals surface area contributed by atoms with E-state index in [9.17, 15) is 4.79 Å². The molecule has 0 saturated heterocycles. The molecule has 1 aromatic carbocycles. The highest BCUT2D eigenvalue weighted by Crippen LogP contribution is 2.23. The second-order valence-corrected chi connectivity index (χ2v) is 4.37. The average Bonchev–Trinajstić information content (AvgIpc) is 2.22. The van der Waals surface area contributed by atoms with Crippen molar-refractivity contribution in [1.29, 1.82) is 0 Å². The van der Waals surface area contributed by atoms with Gasteiger partial charge >= 0.3 is 5.97 Å². The van der Waals surface area contributed by atoms with Crippen LogP contribution in [0.4, 0.5) is 5.69 Å². The van der Waals surface area contributed by atoms with Gasteiger partial charge in [-0.2, -0.15) is 0 Å².